The SMILES string of the molecule is C[N+]12CCCCC1CC1CCCC12. The third-order valence-electron chi connectivity index (χ3n) is 5.21. The molecule has 74 valence electrons. The average Bonchev–Trinajstić information content (AvgIpc) is 2.65. The van der Waals surface area contributed by atoms with Gasteiger partial charge in [-0.2, -0.15) is 0 Å². The molecule has 3 rings (SSSR count). The molecule has 1 nitrogen and oxygen atoms in total. The third-order valence-corrected chi connectivity index (χ3v) is 5.21. The van der Waals surface area contributed by atoms with Gasteiger partial charge in [-0.15, -0.1) is 0 Å². The first-order valence-corrected chi connectivity index (χ1v) is 6.15. The van der Waals surface area contributed by atoms with E-state index in [9.17, 15) is 0 Å². The van der Waals surface area contributed by atoms with Crippen LogP contribution in [0.1, 0.15) is 44.9 Å². The number of hydrogen-bond donors (Lipinski definition) is 0. The molecule has 0 radical (unpaired) electrons. The van der Waals surface area contributed by atoms with Crippen molar-refractivity contribution in [3.8, 4) is 0 Å². The zero-order chi connectivity index (χ0) is 8.89. The minimum atomic E-state index is 1.06. The van der Waals surface area contributed by atoms with Gasteiger partial charge in [0.15, 0.2) is 0 Å². The molecule has 2 heterocycles. The number of fused-ring (bicyclic) bond motifs is 3. The first-order valence-electron chi connectivity index (χ1n) is 6.15. The van der Waals surface area contributed by atoms with Gasteiger partial charge in [0, 0.05) is 12.3 Å². The van der Waals surface area contributed by atoms with Gasteiger partial charge in [-0.25, -0.2) is 0 Å². The molecular formula is C12H22N+. The molecule has 3 aliphatic rings. The van der Waals surface area contributed by atoms with Gasteiger partial charge in [-0.3, -0.25) is 0 Å². The molecule has 2 aliphatic heterocycles. The second kappa shape index (κ2) is 2.73. The monoisotopic (exact) mass is 180 g/mol. The fraction of sp³-hybridized carbons (Fsp3) is 1.00. The molecule has 0 aromatic rings. The van der Waals surface area contributed by atoms with Gasteiger partial charge < -0.3 is 4.48 Å². The lowest BCUT2D eigenvalue weighted by Crippen LogP contribution is -2.55. The van der Waals surface area contributed by atoms with Crippen LogP contribution in [0.4, 0.5) is 0 Å². The number of quaternary nitrogens is 1. The lowest BCUT2D eigenvalue weighted by Gasteiger charge is -2.44. The second-order valence-electron chi connectivity index (χ2n) is 5.71. The van der Waals surface area contributed by atoms with Gasteiger partial charge in [-0.1, -0.05) is 0 Å². The van der Waals surface area contributed by atoms with Crippen LogP contribution >= 0.6 is 0 Å². The van der Waals surface area contributed by atoms with Crippen LogP contribution in [0, 0.1) is 5.92 Å². The summed E-state index contributed by atoms with van der Waals surface area (Å²) in [5.41, 5.74) is 0. The summed E-state index contributed by atoms with van der Waals surface area (Å²) in [5, 5.41) is 0. The third kappa shape index (κ3) is 1.03. The Labute approximate surface area is 81.7 Å². The van der Waals surface area contributed by atoms with Crippen LogP contribution in [0.5, 0.6) is 0 Å². The molecule has 3 fully saturated rings. The predicted molar refractivity (Wildman–Crippen MR) is 54.4 cm³/mol. The van der Waals surface area contributed by atoms with Crippen molar-refractivity contribution in [1.29, 1.82) is 0 Å². The van der Waals surface area contributed by atoms with Crippen molar-refractivity contribution in [1.82, 2.24) is 0 Å². The summed E-state index contributed by atoms with van der Waals surface area (Å²) in [5.74, 6) is 1.12. The van der Waals surface area contributed by atoms with Crippen molar-refractivity contribution in [2.24, 2.45) is 5.92 Å². The van der Waals surface area contributed by atoms with Crippen LogP contribution in [0.15, 0.2) is 0 Å². The molecule has 4 unspecified atom stereocenters. The average molecular weight is 180 g/mol. The van der Waals surface area contributed by atoms with E-state index in [1.807, 2.05) is 0 Å². The molecule has 1 aliphatic carbocycles. The minimum absolute atomic E-state index is 1.06. The Balaban J connectivity index is 1.89. The van der Waals surface area contributed by atoms with Crippen molar-refractivity contribution in [3.63, 3.8) is 0 Å². The quantitative estimate of drug-likeness (QED) is 0.503. The highest BCUT2D eigenvalue weighted by molar-refractivity contribution is 4.89. The largest absolute Gasteiger partial charge is 0.321 e. The van der Waals surface area contributed by atoms with Gasteiger partial charge in [0.2, 0.25) is 0 Å². The van der Waals surface area contributed by atoms with Gasteiger partial charge in [0.1, 0.15) is 0 Å². The molecule has 0 N–H and O–H groups in total. The normalized spacial score (nSPS) is 54.7. The number of rotatable bonds is 0. The zero-order valence-corrected chi connectivity index (χ0v) is 8.84. The Bertz CT molecular complexity index is 213. The van der Waals surface area contributed by atoms with E-state index in [4.69, 9.17) is 0 Å². The fourth-order valence-electron chi connectivity index (χ4n) is 4.52. The van der Waals surface area contributed by atoms with Crippen molar-refractivity contribution in [2.75, 3.05) is 13.6 Å². The van der Waals surface area contributed by atoms with Crippen molar-refractivity contribution in [2.45, 2.75) is 57.0 Å². The van der Waals surface area contributed by atoms with Crippen LogP contribution in [0.2, 0.25) is 0 Å². The maximum Gasteiger partial charge on any atom is 0.0921 e. The smallest absolute Gasteiger partial charge is 0.0921 e. The Morgan fingerprint density at radius 3 is 2.85 bits per heavy atom. The molecule has 0 aromatic carbocycles. The van der Waals surface area contributed by atoms with Crippen LogP contribution in [-0.4, -0.2) is 30.2 Å². The standard InChI is InChI=1S/C12H22N/c1-13-8-3-2-6-11(13)9-10-5-4-7-12(10)13/h10-12H,2-9H2,1H3/q+1. The molecule has 0 spiro atoms. The number of nitrogens with zero attached hydrogens (tertiary/aromatic N) is 1. The molecule has 0 bridgehead atoms. The Kier molecular flexibility index (Phi) is 1.74. The Hall–Kier alpha value is -0.0400. The number of piperidine rings is 1. The summed E-state index contributed by atoms with van der Waals surface area (Å²) in [6.07, 6.45) is 10.7. The lowest BCUT2D eigenvalue weighted by molar-refractivity contribution is -0.948. The van der Waals surface area contributed by atoms with Crippen LogP contribution in [0.3, 0.4) is 0 Å². The summed E-state index contributed by atoms with van der Waals surface area (Å²) in [6.45, 7) is 1.49. The van der Waals surface area contributed by atoms with E-state index in [0.717, 1.165) is 18.0 Å². The van der Waals surface area contributed by atoms with Gasteiger partial charge in [-0.05, 0) is 38.5 Å². The molecule has 1 saturated carbocycles. The van der Waals surface area contributed by atoms with E-state index in [0.29, 0.717) is 0 Å². The molecule has 2 saturated heterocycles. The minimum Gasteiger partial charge on any atom is -0.321 e. The molecule has 0 amide bonds. The van der Waals surface area contributed by atoms with E-state index < -0.39 is 0 Å². The summed E-state index contributed by atoms with van der Waals surface area (Å²) in [7, 11) is 2.56. The molecule has 4 atom stereocenters. The zero-order valence-electron chi connectivity index (χ0n) is 8.84. The van der Waals surface area contributed by atoms with Crippen molar-refractivity contribution in [3.05, 3.63) is 0 Å². The molecular weight excluding hydrogens is 158 g/mol. The van der Waals surface area contributed by atoms with E-state index in [2.05, 4.69) is 7.05 Å². The predicted octanol–water partition coefficient (Wildman–Crippen LogP) is 2.56. The highest BCUT2D eigenvalue weighted by Crippen LogP contribution is 2.48. The fourth-order valence-corrected chi connectivity index (χ4v) is 4.52. The van der Waals surface area contributed by atoms with Crippen molar-refractivity contribution < 1.29 is 4.48 Å². The first kappa shape index (κ1) is 8.28. The molecule has 1 heteroatoms. The van der Waals surface area contributed by atoms with E-state index in [-0.39, 0.29) is 0 Å². The van der Waals surface area contributed by atoms with Crippen LogP contribution in [-0.2, 0) is 0 Å². The Morgan fingerprint density at radius 1 is 1.00 bits per heavy atom. The molecule has 0 aromatic heterocycles. The highest BCUT2D eigenvalue weighted by atomic mass is 15.4. The summed E-state index contributed by atoms with van der Waals surface area (Å²) in [6, 6.07) is 2.13. The van der Waals surface area contributed by atoms with Gasteiger partial charge in [0.05, 0.1) is 25.7 Å². The highest BCUT2D eigenvalue weighted by Gasteiger charge is 2.54. The number of hydrogen-bond acceptors (Lipinski definition) is 0. The van der Waals surface area contributed by atoms with E-state index in [1.54, 1.807) is 12.8 Å². The summed E-state index contributed by atoms with van der Waals surface area (Å²) < 4.78 is 1.48. The first-order chi connectivity index (χ1) is 6.31. The molecule has 13 heavy (non-hydrogen) atoms. The maximum absolute atomic E-state index is 2.56. The topological polar surface area (TPSA) is 0 Å². The van der Waals surface area contributed by atoms with Gasteiger partial charge >= 0.3 is 0 Å². The lowest BCUT2D eigenvalue weighted by atomic mass is 9.97. The second-order valence-corrected chi connectivity index (χ2v) is 5.71. The van der Waals surface area contributed by atoms with E-state index in [1.165, 1.54) is 43.1 Å². The van der Waals surface area contributed by atoms with Crippen LogP contribution < -0.4 is 0 Å². The maximum atomic E-state index is 2.56. The summed E-state index contributed by atoms with van der Waals surface area (Å²) in [4.78, 5) is 0. The summed E-state index contributed by atoms with van der Waals surface area (Å²) >= 11 is 0. The van der Waals surface area contributed by atoms with Gasteiger partial charge in [0.25, 0.3) is 0 Å². The van der Waals surface area contributed by atoms with E-state index >= 15 is 0 Å². The van der Waals surface area contributed by atoms with Crippen LogP contribution in [0.25, 0.3) is 0 Å². The Morgan fingerprint density at radius 2 is 1.92 bits per heavy atom. The van der Waals surface area contributed by atoms with Crippen molar-refractivity contribution >= 4 is 0 Å².